The third-order valence-electron chi connectivity index (χ3n) is 3.96. The molecule has 1 atom stereocenters. The predicted octanol–water partition coefficient (Wildman–Crippen LogP) is 0.429. The first-order valence-electron chi connectivity index (χ1n) is 7.88. The first-order valence-corrected chi connectivity index (χ1v) is 7.88. The minimum Gasteiger partial charge on any atom is -0.480 e. The number of carbonyl (C=O) groups is 2. The number of nitrogens with one attached hydrogen (secondary N) is 1. The maximum Gasteiger partial charge on any atom is 0.326 e. The molecule has 0 aliphatic carbocycles. The SMILES string of the molecule is CC(C)[C@H](NC(=O)CN1CCN(c2ccccn2)CC1)C(=O)O. The van der Waals surface area contributed by atoms with E-state index in [1.165, 1.54) is 0 Å². The summed E-state index contributed by atoms with van der Waals surface area (Å²) < 4.78 is 0. The molecular weight excluding hydrogens is 296 g/mol. The summed E-state index contributed by atoms with van der Waals surface area (Å²) in [5.41, 5.74) is 0. The van der Waals surface area contributed by atoms with E-state index in [1.807, 2.05) is 23.1 Å². The second-order valence-corrected chi connectivity index (χ2v) is 6.08. The Morgan fingerprint density at radius 3 is 2.48 bits per heavy atom. The third-order valence-corrected chi connectivity index (χ3v) is 3.96. The third kappa shape index (κ3) is 4.92. The molecule has 126 valence electrons. The van der Waals surface area contributed by atoms with Crippen molar-refractivity contribution >= 4 is 17.7 Å². The lowest BCUT2D eigenvalue weighted by Gasteiger charge is -2.35. The van der Waals surface area contributed by atoms with E-state index in [0.29, 0.717) is 0 Å². The van der Waals surface area contributed by atoms with Gasteiger partial charge in [0.1, 0.15) is 11.9 Å². The molecule has 0 unspecified atom stereocenters. The van der Waals surface area contributed by atoms with Gasteiger partial charge in [0, 0.05) is 32.4 Å². The number of carboxylic acid groups (broad SMARTS) is 1. The van der Waals surface area contributed by atoms with Crippen molar-refractivity contribution in [3.05, 3.63) is 24.4 Å². The molecule has 1 aliphatic rings. The molecule has 0 bridgehead atoms. The number of pyridine rings is 1. The lowest BCUT2D eigenvalue weighted by molar-refractivity contribution is -0.143. The first-order chi connectivity index (χ1) is 11.0. The largest absolute Gasteiger partial charge is 0.480 e. The second-order valence-electron chi connectivity index (χ2n) is 6.08. The van der Waals surface area contributed by atoms with Crippen molar-refractivity contribution in [3.63, 3.8) is 0 Å². The number of nitrogens with zero attached hydrogens (tertiary/aromatic N) is 3. The van der Waals surface area contributed by atoms with Crippen LogP contribution in [0.3, 0.4) is 0 Å². The lowest BCUT2D eigenvalue weighted by Crippen LogP contribution is -2.52. The number of carboxylic acids is 1. The molecule has 1 aromatic heterocycles. The molecule has 2 rings (SSSR count). The summed E-state index contributed by atoms with van der Waals surface area (Å²) in [5.74, 6) is -0.425. The number of carbonyl (C=O) groups excluding carboxylic acids is 1. The van der Waals surface area contributed by atoms with Crippen molar-refractivity contribution in [2.24, 2.45) is 5.92 Å². The Balaban J connectivity index is 1.80. The Kier molecular flexibility index (Phi) is 5.92. The van der Waals surface area contributed by atoms with Gasteiger partial charge in [0.25, 0.3) is 0 Å². The number of aromatic nitrogens is 1. The summed E-state index contributed by atoms with van der Waals surface area (Å²) in [6, 6.07) is 4.98. The van der Waals surface area contributed by atoms with E-state index in [9.17, 15) is 9.59 Å². The van der Waals surface area contributed by atoms with Crippen molar-refractivity contribution in [2.75, 3.05) is 37.6 Å². The van der Waals surface area contributed by atoms with Gasteiger partial charge in [0.15, 0.2) is 0 Å². The fourth-order valence-electron chi connectivity index (χ4n) is 2.61. The Morgan fingerprint density at radius 1 is 1.26 bits per heavy atom. The van der Waals surface area contributed by atoms with E-state index in [1.54, 1.807) is 20.0 Å². The van der Waals surface area contributed by atoms with Gasteiger partial charge >= 0.3 is 5.97 Å². The molecule has 2 N–H and O–H groups in total. The van der Waals surface area contributed by atoms with E-state index < -0.39 is 12.0 Å². The highest BCUT2D eigenvalue weighted by Gasteiger charge is 2.25. The minimum atomic E-state index is -0.992. The molecule has 0 radical (unpaired) electrons. The van der Waals surface area contributed by atoms with Gasteiger partial charge in [-0.1, -0.05) is 19.9 Å². The summed E-state index contributed by atoms with van der Waals surface area (Å²) in [4.78, 5) is 31.7. The quantitative estimate of drug-likeness (QED) is 0.790. The molecule has 0 aromatic carbocycles. The van der Waals surface area contributed by atoms with E-state index >= 15 is 0 Å². The van der Waals surface area contributed by atoms with Crippen LogP contribution in [-0.4, -0.2) is 65.6 Å². The van der Waals surface area contributed by atoms with Gasteiger partial charge in [0.2, 0.25) is 5.91 Å². The van der Waals surface area contributed by atoms with Crippen LogP contribution < -0.4 is 10.2 Å². The van der Waals surface area contributed by atoms with Crippen LogP contribution in [0.2, 0.25) is 0 Å². The molecule has 1 aromatic rings. The van der Waals surface area contributed by atoms with Crippen molar-refractivity contribution in [1.29, 1.82) is 0 Å². The molecule has 1 saturated heterocycles. The number of anilines is 1. The Hall–Kier alpha value is -2.15. The van der Waals surface area contributed by atoms with E-state index in [0.717, 1.165) is 32.0 Å². The van der Waals surface area contributed by atoms with Crippen LogP contribution in [0.5, 0.6) is 0 Å². The minimum absolute atomic E-state index is 0.141. The number of hydrogen-bond donors (Lipinski definition) is 2. The van der Waals surface area contributed by atoms with Gasteiger partial charge in [-0.2, -0.15) is 0 Å². The summed E-state index contributed by atoms with van der Waals surface area (Å²) >= 11 is 0. The van der Waals surface area contributed by atoms with Gasteiger partial charge in [-0.05, 0) is 18.1 Å². The monoisotopic (exact) mass is 320 g/mol. The summed E-state index contributed by atoms with van der Waals surface area (Å²) in [6.45, 7) is 6.91. The Labute approximate surface area is 136 Å². The van der Waals surface area contributed by atoms with Crippen molar-refractivity contribution < 1.29 is 14.7 Å². The maximum absolute atomic E-state index is 12.0. The van der Waals surface area contributed by atoms with Crippen LogP contribution in [0.1, 0.15) is 13.8 Å². The van der Waals surface area contributed by atoms with Crippen LogP contribution in [0.4, 0.5) is 5.82 Å². The lowest BCUT2D eigenvalue weighted by atomic mass is 10.0. The number of hydrogen-bond acceptors (Lipinski definition) is 5. The van der Waals surface area contributed by atoms with Crippen LogP contribution >= 0.6 is 0 Å². The predicted molar refractivity (Wildman–Crippen MR) is 87.3 cm³/mol. The number of rotatable bonds is 6. The standard InChI is InChI=1S/C16H24N4O3/c1-12(2)15(16(22)23)18-14(21)11-19-7-9-20(10-8-19)13-5-3-4-6-17-13/h3-6,12,15H,7-11H2,1-2H3,(H,18,21)(H,22,23)/t15-/m0/s1. The van der Waals surface area contributed by atoms with Gasteiger partial charge in [0.05, 0.1) is 6.54 Å². The molecule has 1 aliphatic heterocycles. The van der Waals surface area contributed by atoms with E-state index in [2.05, 4.69) is 15.2 Å². The Bertz CT molecular complexity index is 527. The fraction of sp³-hybridized carbons (Fsp3) is 0.562. The number of amides is 1. The molecule has 7 nitrogen and oxygen atoms in total. The highest BCUT2D eigenvalue weighted by Crippen LogP contribution is 2.12. The van der Waals surface area contributed by atoms with Gasteiger partial charge in [-0.3, -0.25) is 9.69 Å². The van der Waals surface area contributed by atoms with Crippen LogP contribution in [0.15, 0.2) is 24.4 Å². The average Bonchev–Trinajstić information content (AvgIpc) is 2.53. The van der Waals surface area contributed by atoms with Crippen LogP contribution in [0, 0.1) is 5.92 Å². The summed E-state index contributed by atoms with van der Waals surface area (Å²) in [5, 5.41) is 11.7. The molecule has 0 saturated carbocycles. The zero-order valence-corrected chi connectivity index (χ0v) is 13.6. The topological polar surface area (TPSA) is 85.8 Å². The summed E-state index contributed by atoms with van der Waals surface area (Å²) in [7, 11) is 0. The van der Waals surface area contributed by atoms with Gasteiger partial charge in [-0.15, -0.1) is 0 Å². The van der Waals surface area contributed by atoms with Gasteiger partial charge < -0.3 is 15.3 Å². The molecule has 1 fully saturated rings. The van der Waals surface area contributed by atoms with E-state index in [-0.39, 0.29) is 18.4 Å². The fourth-order valence-corrected chi connectivity index (χ4v) is 2.61. The van der Waals surface area contributed by atoms with E-state index in [4.69, 9.17) is 5.11 Å². The zero-order chi connectivity index (χ0) is 16.8. The zero-order valence-electron chi connectivity index (χ0n) is 13.6. The molecular formula is C16H24N4O3. The first kappa shape index (κ1) is 17.2. The smallest absolute Gasteiger partial charge is 0.326 e. The molecule has 0 spiro atoms. The molecule has 7 heteroatoms. The van der Waals surface area contributed by atoms with Crippen molar-refractivity contribution in [2.45, 2.75) is 19.9 Å². The number of aliphatic carboxylic acids is 1. The highest BCUT2D eigenvalue weighted by molar-refractivity contribution is 5.84. The average molecular weight is 320 g/mol. The molecule has 1 amide bonds. The van der Waals surface area contributed by atoms with Crippen LogP contribution in [0.25, 0.3) is 0 Å². The molecule has 23 heavy (non-hydrogen) atoms. The van der Waals surface area contributed by atoms with Crippen molar-refractivity contribution in [3.8, 4) is 0 Å². The van der Waals surface area contributed by atoms with Gasteiger partial charge in [-0.25, -0.2) is 9.78 Å². The van der Waals surface area contributed by atoms with Crippen molar-refractivity contribution in [1.82, 2.24) is 15.2 Å². The Morgan fingerprint density at radius 2 is 1.96 bits per heavy atom. The number of piperazine rings is 1. The second kappa shape index (κ2) is 7.92. The normalized spacial score (nSPS) is 17.1. The van der Waals surface area contributed by atoms with Crippen LogP contribution in [-0.2, 0) is 9.59 Å². The highest BCUT2D eigenvalue weighted by atomic mass is 16.4. The maximum atomic E-state index is 12.0. The summed E-state index contributed by atoms with van der Waals surface area (Å²) in [6.07, 6.45) is 1.77. The molecule has 2 heterocycles.